The van der Waals surface area contributed by atoms with E-state index in [0.29, 0.717) is 5.92 Å². The van der Waals surface area contributed by atoms with Crippen LogP contribution in [0.25, 0.3) is 0 Å². The molecule has 0 bridgehead atoms. The summed E-state index contributed by atoms with van der Waals surface area (Å²) in [6, 6.07) is 2.11. The molecular formula is C10H14BrN3. The van der Waals surface area contributed by atoms with Gasteiger partial charge in [-0.05, 0) is 40.0 Å². The second-order valence-electron chi connectivity index (χ2n) is 3.81. The van der Waals surface area contributed by atoms with E-state index in [-0.39, 0.29) is 0 Å². The van der Waals surface area contributed by atoms with Crippen molar-refractivity contribution in [2.75, 3.05) is 19.6 Å². The highest BCUT2D eigenvalue weighted by atomic mass is 79.9. The van der Waals surface area contributed by atoms with E-state index < -0.39 is 0 Å². The maximum Gasteiger partial charge on any atom is 0.0410 e. The average Bonchev–Trinajstić information content (AvgIpc) is 2.10. The van der Waals surface area contributed by atoms with Crippen molar-refractivity contribution in [1.82, 2.24) is 9.88 Å². The van der Waals surface area contributed by atoms with E-state index in [2.05, 4.69) is 31.9 Å². The molecular weight excluding hydrogens is 242 g/mol. The molecule has 14 heavy (non-hydrogen) atoms. The monoisotopic (exact) mass is 255 g/mol. The minimum Gasteiger partial charge on any atom is -0.330 e. The lowest BCUT2D eigenvalue weighted by molar-refractivity contribution is 0.0978. The quantitative estimate of drug-likeness (QED) is 0.884. The van der Waals surface area contributed by atoms with Crippen LogP contribution in [0, 0.1) is 5.92 Å². The van der Waals surface area contributed by atoms with Gasteiger partial charge in [-0.15, -0.1) is 0 Å². The summed E-state index contributed by atoms with van der Waals surface area (Å²) < 4.78 is 1.05. The normalized spacial score (nSPS) is 18.1. The Labute approximate surface area is 92.4 Å². The minimum atomic E-state index is 0.704. The first-order chi connectivity index (χ1) is 6.78. The molecule has 1 saturated heterocycles. The van der Waals surface area contributed by atoms with Crippen molar-refractivity contribution in [3.63, 3.8) is 0 Å². The van der Waals surface area contributed by atoms with Crippen molar-refractivity contribution < 1.29 is 0 Å². The second-order valence-corrected chi connectivity index (χ2v) is 4.72. The third-order valence-corrected chi connectivity index (χ3v) is 2.97. The predicted molar refractivity (Wildman–Crippen MR) is 59.8 cm³/mol. The highest BCUT2D eigenvalue weighted by Crippen LogP contribution is 2.18. The predicted octanol–water partition coefficient (Wildman–Crippen LogP) is 1.23. The van der Waals surface area contributed by atoms with Crippen LogP contribution in [0.2, 0.25) is 0 Å². The summed E-state index contributed by atoms with van der Waals surface area (Å²) >= 11 is 3.42. The fourth-order valence-corrected chi connectivity index (χ4v) is 2.17. The molecule has 3 nitrogen and oxygen atoms in total. The van der Waals surface area contributed by atoms with Gasteiger partial charge in [0.25, 0.3) is 0 Å². The summed E-state index contributed by atoms with van der Waals surface area (Å²) in [5.41, 5.74) is 6.83. The first-order valence-electron chi connectivity index (χ1n) is 4.80. The Balaban J connectivity index is 1.87. The zero-order valence-electron chi connectivity index (χ0n) is 7.99. The summed E-state index contributed by atoms with van der Waals surface area (Å²) in [5, 5.41) is 0. The number of halogens is 1. The Kier molecular flexibility index (Phi) is 3.15. The molecule has 0 saturated carbocycles. The Morgan fingerprint density at radius 1 is 1.50 bits per heavy atom. The summed E-state index contributed by atoms with van der Waals surface area (Å²) in [4.78, 5) is 6.53. The number of pyridine rings is 1. The van der Waals surface area contributed by atoms with E-state index in [1.165, 1.54) is 5.56 Å². The Hall–Kier alpha value is -0.450. The van der Waals surface area contributed by atoms with Crippen LogP contribution in [0.1, 0.15) is 5.56 Å². The molecule has 76 valence electrons. The molecule has 1 aromatic heterocycles. The first-order valence-corrected chi connectivity index (χ1v) is 5.59. The molecule has 0 aromatic carbocycles. The number of likely N-dealkylation sites (tertiary alicyclic amines) is 1. The van der Waals surface area contributed by atoms with Crippen molar-refractivity contribution in [2.45, 2.75) is 6.54 Å². The Morgan fingerprint density at radius 2 is 2.29 bits per heavy atom. The van der Waals surface area contributed by atoms with Gasteiger partial charge in [0.1, 0.15) is 0 Å². The largest absolute Gasteiger partial charge is 0.330 e. The van der Waals surface area contributed by atoms with Crippen molar-refractivity contribution in [2.24, 2.45) is 11.7 Å². The third-order valence-electron chi connectivity index (χ3n) is 2.53. The van der Waals surface area contributed by atoms with Gasteiger partial charge in [0.05, 0.1) is 0 Å². The van der Waals surface area contributed by atoms with E-state index in [1.54, 1.807) is 0 Å². The molecule has 4 heteroatoms. The lowest BCUT2D eigenvalue weighted by atomic mass is 10.00. The lowest BCUT2D eigenvalue weighted by Gasteiger charge is -2.38. The van der Waals surface area contributed by atoms with Gasteiger partial charge in [0.2, 0.25) is 0 Å². The van der Waals surface area contributed by atoms with Gasteiger partial charge in [-0.3, -0.25) is 9.88 Å². The number of hydrogen-bond donors (Lipinski definition) is 1. The van der Waals surface area contributed by atoms with Crippen LogP contribution in [0.15, 0.2) is 22.9 Å². The van der Waals surface area contributed by atoms with Gasteiger partial charge >= 0.3 is 0 Å². The molecule has 1 aliphatic rings. The Morgan fingerprint density at radius 3 is 2.93 bits per heavy atom. The van der Waals surface area contributed by atoms with Crippen LogP contribution in [0.4, 0.5) is 0 Å². The molecule has 1 aliphatic heterocycles. The number of hydrogen-bond acceptors (Lipinski definition) is 3. The minimum absolute atomic E-state index is 0.704. The van der Waals surface area contributed by atoms with Crippen molar-refractivity contribution in [3.8, 4) is 0 Å². The van der Waals surface area contributed by atoms with E-state index >= 15 is 0 Å². The molecule has 0 atom stereocenters. The zero-order chi connectivity index (χ0) is 9.97. The van der Waals surface area contributed by atoms with Gasteiger partial charge in [-0.2, -0.15) is 0 Å². The van der Waals surface area contributed by atoms with Gasteiger partial charge in [-0.1, -0.05) is 0 Å². The average molecular weight is 256 g/mol. The van der Waals surface area contributed by atoms with Gasteiger partial charge in [0.15, 0.2) is 0 Å². The molecule has 2 heterocycles. The van der Waals surface area contributed by atoms with Crippen molar-refractivity contribution in [1.29, 1.82) is 0 Å². The number of nitrogens with zero attached hydrogens (tertiary/aromatic N) is 2. The van der Waals surface area contributed by atoms with Crippen LogP contribution in [-0.2, 0) is 6.54 Å². The lowest BCUT2D eigenvalue weighted by Crippen LogP contribution is -2.49. The topological polar surface area (TPSA) is 42.1 Å². The molecule has 1 aromatic rings. The fourth-order valence-electron chi connectivity index (χ4n) is 1.76. The highest BCUT2D eigenvalue weighted by molar-refractivity contribution is 9.10. The highest BCUT2D eigenvalue weighted by Gasteiger charge is 2.24. The van der Waals surface area contributed by atoms with Crippen LogP contribution in [0.5, 0.6) is 0 Å². The fraction of sp³-hybridized carbons (Fsp3) is 0.500. The van der Waals surface area contributed by atoms with Crippen LogP contribution >= 0.6 is 15.9 Å². The van der Waals surface area contributed by atoms with E-state index in [4.69, 9.17) is 5.73 Å². The van der Waals surface area contributed by atoms with Crippen LogP contribution in [0.3, 0.4) is 0 Å². The standard InChI is InChI=1S/C10H14BrN3/c11-10-1-8(3-13-4-10)5-14-6-9(2-12)7-14/h1,3-4,9H,2,5-7,12H2. The molecule has 2 rings (SSSR count). The van der Waals surface area contributed by atoms with Crippen molar-refractivity contribution in [3.05, 3.63) is 28.5 Å². The first kappa shape index (κ1) is 10.1. The summed E-state index contributed by atoms with van der Waals surface area (Å²) in [7, 11) is 0. The molecule has 0 aliphatic carbocycles. The summed E-state index contributed by atoms with van der Waals surface area (Å²) in [6.07, 6.45) is 3.73. The molecule has 0 radical (unpaired) electrons. The maximum atomic E-state index is 5.57. The molecule has 1 fully saturated rings. The molecule has 0 unspecified atom stereocenters. The zero-order valence-corrected chi connectivity index (χ0v) is 9.57. The maximum absolute atomic E-state index is 5.57. The number of rotatable bonds is 3. The van der Waals surface area contributed by atoms with E-state index in [1.807, 2.05) is 12.4 Å². The molecule has 0 amide bonds. The van der Waals surface area contributed by atoms with E-state index in [9.17, 15) is 0 Å². The number of aromatic nitrogens is 1. The number of nitrogens with two attached hydrogens (primary N) is 1. The van der Waals surface area contributed by atoms with Crippen molar-refractivity contribution >= 4 is 15.9 Å². The SMILES string of the molecule is NCC1CN(Cc2cncc(Br)c2)C1. The molecule has 2 N–H and O–H groups in total. The van der Waals surface area contributed by atoms with Gasteiger partial charge in [0, 0.05) is 36.5 Å². The van der Waals surface area contributed by atoms with Gasteiger partial charge < -0.3 is 5.73 Å². The van der Waals surface area contributed by atoms with E-state index in [0.717, 1.165) is 30.7 Å². The van der Waals surface area contributed by atoms with Crippen LogP contribution in [-0.4, -0.2) is 29.5 Å². The smallest absolute Gasteiger partial charge is 0.0410 e. The van der Waals surface area contributed by atoms with Gasteiger partial charge in [-0.25, -0.2) is 0 Å². The summed E-state index contributed by atoms with van der Waals surface area (Å²) in [6.45, 7) is 4.06. The second kappa shape index (κ2) is 4.38. The third kappa shape index (κ3) is 2.32. The Bertz CT molecular complexity index is 310. The summed E-state index contributed by atoms with van der Waals surface area (Å²) in [5.74, 6) is 0.704. The van der Waals surface area contributed by atoms with Crippen LogP contribution < -0.4 is 5.73 Å². The molecule has 0 spiro atoms.